The van der Waals surface area contributed by atoms with Gasteiger partial charge in [0.2, 0.25) is 0 Å². The van der Waals surface area contributed by atoms with Gasteiger partial charge >= 0.3 is 0 Å². The van der Waals surface area contributed by atoms with Crippen molar-refractivity contribution >= 4 is 70.9 Å². The van der Waals surface area contributed by atoms with Crippen LogP contribution in [0, 0.1) is 0 Å². The Labute approximate surface area is 380 Å². The molecule has 5 aromatic carbocycles. The SMILES string of the molecule is CC1c2cc3c4c(n(-c5ccc[nH]5)c3c3c2-c2c(cc5c6cc(-c7cccc([Si](C)(C)C)c7)ccc6n(-c6cc[nH]c6)c5c2C(C)C3C)C1C)CCC(c1cccc([Si](C)(C)C)c1)=C4. The van der Waals surface area contributed by atoms with E-state index in [4.69, 9.17) is 0 Å². The van der Waals surface area contributed by atoms with Crippen LogP contribution in [0.5, 0.6) is 0 Å². The molecule has 0 saturated heterocycles. The highest BCUT2D eigenvalue weighted by Crippen LogP contribution is 2.61. The van der Waals surface area contributed by atoms with Gasteiger partial charge in [0.25, 0.3) is 0 Å². The largest absolute Gasteiger partial charge is 0.366 e. The maximum Gasteiger partial charge on any atom is 0.114 e. The molecule has 3 aliphatic rings. The summed E-state index contributed by atoms with van der Waals surface area (Å²) in [6.45, 7) is 24.8. The second-order valence-corrected chi connectivity index (χ2v) is 31.8. The molecule has 0 amide bonds. The monoisotopic (exact) mass is 868 g/mol. The quantitative estimate of drug-likeness (QED) is 0.156. The zero-order valence-electron chi connectivity index (χ0n) is 39.2. The van der Waals surface area contributed by atoms with Crippen molar-refractivity contribution < 1.29 is 0 Å². The maximum absolute atomic E-state index is 3.69. The van der Waals surface area contributed by atoms with Crippen LogP contribution in [0.25, 0.3) is 78.1 Å². The summed E-state index contributed by atoms with van der Waals surface area (Å²) in [6.07, 6.45) is 11.0. The van der Waals surface area contributed by atoms with Gasteiger partial charge in [0.1, 0.15) is 5.82 Å². The third-order valence-electron chi connectivity index (χ3n) is 16.0. The fourth-order valence-corrected chi connectivity index (χ4v) is 14.5. The topological polar surface area (TPSA) is 41.4 Å². The molecule has 9 aromatic rings. The number of rotatable bonds is 6. The zero-order chi connectivity index (χ0) is 44.1. The van der Waals surface area contributed by atoms with Gasteiger partial charge in [0.05, 0.1) is 38.4 Å². The number of nitrogens with one attached hydrogen (secondary N) is 2. The molecule has 4 atom stereocenters. The van der Waals surface area contributed by atoms with Gasteiger partial charge in [-0.25, -0.2) is 0 Å². The van der Waals surface area contributed by atoms with Crippen LogP contribution >= 0.6 is 0 Å². The highest BCUT2D eigenvalue weighted by molar-refractivity contribution is 6.89. The number of H-pyrrole nitrogens is 2. The summed E-state index contributed by atoms with van der Waals surface area (Å²) >= 11 is 0. The Morgan fingerprint density at radius 3 is 1.80 bits per heavy atom. The highest BCUT2D eigenvalue weighted by atomic mass is 28.3. The van der Waals surface area contributed by atoms with Crippen molar-refractivity contribution in [3.63, 3.8) is 0 Å². The lowest BCUT2D eigenvalue weighted by Gasteiger charge is -2.42. The Hall–Kier alpha value is -5.83. The summed E-state index contributed by atoms with van der Waals surface area (Å²) in [4.78, 5) is 7.11. The molecule has 4 nitrogen and oxygen atoms in total. The molecule has 0 aliphatic heterocycles. The Kier molecular flexibility index (Phi) is 8.59. The second kappa shape index (κ2) is 13.8. The molecular weight excluding hydrogens is 809 g/mol. The van der Waals surface area contributed by atoms with Gasteiger partial charge in [0.15, 0.2) is 0 Å². The predicted molar refractivity (Wildman–Crippen MR) is 279 cm³/mol. The van der Waals surface area contributed by atoms with Gasteiger partial charge in [0, 0.05) is 46.0 Å². The fourth-order valence-electron chi connectivity index (χ4n) is 12.1. The second-order valence-electron chi connectivity index (χ2n) is 21.7. The van der Waals surface area contributed by atoms with E-state index in [1.54, 1.807) is 0 Å². The van der Waals surface area contributed by atoms with Gasteiger partial charge in [-0.15, -0.1) is 0 Å². The molecule has 0 spiro atoms. The molecule has 0 bridgehead atoms. The van der Waals surface area contributed by atoms with Gasteiger partial charge in [-0.1, -0.05) is 132 Å². The Morgan fingerprint density at radius 2 is 1.17 bits per heavy atom. The summed E-state index contributed by atoms with van der Waals surface area (Å²) in [5.74, 6) is 2.44. The predicted octanol–water partition coefficient (Wildman–Crippen LogP) is 14.7. The van der Waals surface area contributed by atoms with E-state index in [-0.39, 0.29) is 11.8 Å². The normalized spacial score (nSPS) is 19.4. The first-order valence-electron chi connectivity index (χ1n) is 23.8. The average Bonchev–Trinajstić information content (AvgIpc) is 4.12. The van der Waals surface area contributed by atoms with Crippen molar-refractivity contribution in [2.75, 3.05) is 0 Å². The molecule has 4 aromatic heterocycles. The Bertz CT molecular complexity index is 3410. The number of aromatic amines is 2. The van der Waals surface area contributed by atoms with Crippen LogP contribution in [-0.2, 0) is 6.42 Å². The van der Waals surface area contributed by atoms with Crippen LogP contribution in [0.1, 0.15) is 96.9 Å². The molecule has 64 heavy (non-hydrogen) atoms. The van der Waals surface area contributed by atoms with E-state index in [1.807, 2.05) is 0 Å². The summed E-state index contributed by atoms with van der Waals surface area (Å²) in [6, 6.07) is 38.1. The molecule has 0 fully saturated rings. The summed E-state index contributed by atoms with van der Waals surface area (Å²) in [5.41, 5.74) is 22.6. The summed E-state index contributed by atoms with van der Waals surface area (Å²) in [7, 11) is -2.95. The minimum Gasteiger partial charge on any atom is -0.366 e. The van der Waals surface area contributed by atoms with Crippen molar-refractivity contribution in [2.24, 2.45) is 0 Å². The molecule has 0 radical (unpaired) electrons. The van der Waals surface area contributed by atoms with Gasteiger partial charge < -0.3 is 14.5 Å². The van der Waals surface area contributed by atoms with Gasteiger partial charge in [-0.05, 0) is 141 Å². The van der Waals surface area contributed by atoms with Crippen LogP contribution in [0.4, 0.5) is 0 Å². The maximum atomic E-state index is 3.69. The van der Waals surface area contributed by atoms with Crippen LogP contribution < -0.4 is 10.4 Å². The lowest BCUT2D eigenvalue weighted by molar-refractivity contribution is 0.584. The van der Waals surface area contributed by atoms with Gasteiger partial charge in [-0.3, -0.25) is 4.57 Å². The van der Waals surface area contributed by atoms with Crippen molar-refractivity contribution in [3.05, 3.63) is 155 Å². The third-order valence-corrected chi connectivity index (χ3v) is 20.1. The number of fused-ring (bicyclic) bond motifs is 8. The lowest BCUT2D eigenvalue weighted by Crippen LogP contribution is -2.37. The third kappa shape index (κ3) is 5.64. The van der Waals surface area contributed by atoms with Crippen LogP contribution in [0.15, 0.2) is 116 Å². The minimum atomic E-state index is -1.49. The molecule has 3 aliphatic carbocycles. The van der Waals surface area contributed by atoms with E-state index in [0.29, 0.717) is 11.8 Å². The fraction of sp³-hybridized carbons (Fsp3) is 0.276. The van der Waals surface area contributed by atoms with Crippen LogP contribution in [-0.4, -0.2) is 35.2 Å². The average molecular weight is 869 g/mol. The van der Waals surface area contributed by atoms with Crippen molar-refractivity contribution in [2.45, 2.75) is 103 Å². The first kappa shape index (κ1) is 39.7. The molecule has 2 N–H and O–H groups in total. The summed E-state index contributed by atoms with van der Waals surface area (Å²) in [5, 5.41) is 7.15. The van der Waals surface area contributed by atoms with Crippen LogP contribution in [0.2, 0.25) is 39.3 Å². The summed E-state index contributed by atoms with van der Waals surface area (Å²) < 4.78 is 5.22. The number of benzene rings is 5. The Morgan fingerprint density at radius 1 is 0.547 bits per heavy atom. The molecule has 320 valence electrons. The van der Waals surface area contributed by atoms with Crippen molar-refractivity contribution in [3.8, 4) is 33.8 Å². The molecule has 4 unspecified atom stereocenters. The van der Waals surface area contributed by atoms with E-state index < -0.39 is 16.1 Å². The lowest BCUT2D eigenvalue weighted by atomic mass is 9.62. The van der Waals surface area contributed by atoms with E-state index in [0.717, 1.165) is 18.7 Å². The molecule has 0 saturated carbocycles. The standard InChI is InChI=1S/C58H60N4Si2/c1-33-34(2)45-31-49-47-29-40(38-15-12-17-43(27-38)64(8,9)10)20-22-51(47)62(52-18-13-24-60-52)58(49)54-36(4)35(3)53-55(56(45)54)44(33)30-48-46-28-39(37-14-11-16-42(26-37)63(5,6)7)19-21-50(46)61(57(48)53)41-23-25-59-32-41/h11-19,21,23-36,59-60H,20,22H2,1-10H3. The van der Waals surface area contributed by atoms with Crippen molar-refractivity contribution in [1.82, 2.24) is 19.1 Å². The minimum absolute atomic E-state index is 0.276. The number of hydrogen-bond acceptors (Lipinski definition) is 0. The van der Waals surface area contributed by atoms with E-state index in [2.05, 4.69) is 208 Å². The van der Waals surface area contributed by atoms with Gasteiger partial charge in [-0.2, -0.15) is 0 Å². The first-order chi connectivity index (χ1) is 30.7. The first-order valence-corrected chi connectivity index (χ1v) is 30.8. The number of nitrogens with zero attached hydrogens (tertiary/aromatic N) is 2. The highest BCUT2D eigenvalue weighted by Gasteiger charge is 2.43. The molecular formula is C58H60N4Si2. The number of aromatic nitrogens is 4. The Balaban J connectivity index is 1.16. The molecule has 6 heteroatoms. The smallest absolute Gasteiger partial charge is 0.114 e. The van der Waals surface area contributed by atoms with Crippen LogP contribution in [0.3, 0.4) is 0 Å². The molecule has 4 heterocycles. The molecule has 12 rings (SSSR count). The van der Waals surface area contributed by atoms with E-state index >= 15 is 0 Å². The zero-order valence-corrected chi connectivity index (χ0v) is 41.2. The number of allylic oxidation sites excluding steroid dienone is 1. The van der Waals surface area contributed by atoms with E-state index in [1.165, 1.54) is 116 Å². The number of hydrogen-bond donors (Lipinski definition) is 2. The van der Waals surface area contributed by atoms with Crippen molar-refractivity contribution in [1.29, 1.82) is 0 Å². The van der Waals surface area contributed by atoms with E-state index in [9.17, 15) is 0 Å².